The minimum Gasteiger partial charge on any atom is -0.493 e. The molecule has 10 nitrogen and oxygen atoms in total. The number of nitrogens with zero attached hydrogens (tertiary/aromatic N) is 1. The number of aromatic nitrogens is 1. The molecule has 1 heterocycles. The fraction of sp³-hybridized carbons (Fsp3) is 0.100. The number of thiazole rings is 1. The number of ether oxygens (including phenoxy) is 3. The highest BCUT2D eigenvalue weighted by Crippen LogP contribution is 2.39. The first kappa shape index (κ1) is 35.7. The van der Waals surface area contributed by atoms with Gasteiger partial charge in [0, 0.05) is 27.1 Å². The highest BCUT2D eigenvalue weighted by Gasteiger charge is 2.18. The second kappa shape index (κ2) is 16.7. The lowest BCUT2D eigenvalue weighted by Crippen LogP contribution is -2.30. The largest absolute Gasteiger partial charge is 0.493 e. The summed E-state index contributed by atoms with van der Waals surface area (Å²) < 4.78 is 16.4. The number of thioether (sulfide) groups is 1. The van der Waals surface area contributed by atoms with E-state index in [0.717, 1.165) is 26.9 Å². The number of carbonyl (C=O) groups is 3. The Kier molecular flexibility index (Phi) is 11.5. The van der Waals surface area contributed by atoms with Crippen LogP contribution in [0.5, 0.6) is 17.2 Å². The molecule has 0 aliphatic rings. The molecule has 6 aromatic rings. The van der Waals surface area contributed by atoms with Crippen LogP contribution in [0.2, 0.25) is 0 Å². The second-order valence-corrected chi connectivity index (χ2v) is 13.2. The molecule has 3 N–H and O–H groups in total. The topological polar surface area (TPSA) is 128 Å². The van der Waals surface area contributed by atoms with Gasteiger partial charge in [-0.05, 0) is 70.9 Å². The van der Waals surface area contributed by atoms with Crippen LogP contribution in [0.4, 0.5) is 10.8 Å². The Hall–Kier alpha value is -6.11. The van der Waals surface area contributed by atoms with Crippen LogP contribution in [0.3, 0.4) is 0 Å². The average molecular weight is 731 g/mol. The van der Waals surface area contributed by atoms with Gasteiger partial charge in [-0.3, -0.25) is 14.4 Å². The third-order valence-corrected chi connectivity index (χ3v) is 9.54. The van der Waals surface area contributed by atoms with E-state index in [2.05, 4.69) is 45.2 Å². The van der Waals surface area contributed by atoms with Crippen LogP contribution in [0, 0.1) is 0 Å². The Bertz CT molecular complexity index is 2250. The van der Waals surface area contributed by atoms with E-state index in [1.165, 1.54) is 50.5 Å². The zero-order valence-electron chi connectivity index (χ0n) is 28.5. The molecule has 1 aromatic heterocycles. The van der Waals surface area contributed by atoms with Crippen LogP contribution in [0.15, 0.2) is 125 Å². The first-order valence-electron chi connectivity index (χ1n) is 16.0. The average Bonchev–Trinajstić information content (AvgIpc) is 3.64. The number of rotatable bonds is 13. The third-order valence-electron chi connectivity index (χ3n) is 7.78. The van der Waals surface area contributed by atoms with Gasteiger partial charge in [0.25, 0.3) is 11.8 Å². The van der Waals surface area contributed by atoms with Gasteiger partial charge in [0.15, 0.2) is 16.6 Å². The number of hydrogen-bond donors (Lipinski definition) is 3. The van der Waals surface area contributed by atoms with Crippen molar-refractivity contribution in [2.24, 2.45) is 0 Å². The van der Waals surface area contributed by atoms with E-state index in [1.54, 1.807) is 60.7 Å². The normalized spacial score (nSPS) is 11.1. The predicted octanol–water partition coefficient (Wildman–Crippen LogP) is 8.13. The van der Waals surface area contributed by atoms with Gasteiger partial charge in [-0.2, -0.15) is 0 Å². The summed E-state index contributed by atoms with van der Waals surface area (Å²) in [6, 6.07) is 33.3. The maximum absolute atomic E-state index is 13.7. The first-order valence-corrected chi connectivity index (χ1v) is 17.9. The van der Waals surface area contributed by atoms with Crippen molar-refractivity contribution in [1.82, 2.24) is 10.3 Å². The molecule has 0 aliphatic heterocycles. The van der Waals surface area contributed by atoms with Crippen LogP contribution in [-0.2, 0) is 9.59 Å². The molecule has 0 saturated heterocycles. The van der Waals surface area contributed by atoms with E-state index in [4.69, 9.17) is 14.2 Å². The van der Waals surface area contributed by atoms with E-state index in [9.17, 15) is 14.4 Å². The quantitative estimate of drug-likeness (QED) is 0.0803. The number of carbonyl (C=O) groups excluding carboxylic acids is 3. The van der Waals surface area contributed by atoms with E-state index in [-0.39, 0.29) is 17.4 Å². The Morgan fingerprint density at radius 1 is 0.769 bits per heavy atom. The lowest BCUT2D eigenvalue weighted by Gasteiger charge is -2.15. The van der Waals surface area contributed by atoms with Crippen molar-refractivity contribution in [2.45, 2.75) is 4.90 Å². The van der Waals surface area contributed by atoms with Gasteiger partial charge >= 0.3 is 0 Å². The van der Waals surface area contributed by atoms with Crippen molar-refractivity contribution in [3.8, 4) is 28.5 Å². The molecular weight excluding hydrogens is 697 g/mol. The first-order chi connectivity index (χ1) is 25.3. The van der Waals surface area contributed by atoms with Crippen molar-refractivity contribution in [3.63, 3.8) is 0 Å². The van der Waals surface area contributed by atoms with Crippen LogP contribution in [-0.4, -0.2) is 49.8 Å². The molecule has 262 valence electrons. The van der Waals surface area contributed by atoms with Gasteiger partial charge in [0.1, 0.15) is 5.70 Å². The lowest BCUT2D eigenvalue weighted by atomic mass is 10.1. The van der Waals surface area contributed by atoms with Crippen molar-refractivity contribution in [3.05, 3.63) is 131 Å². The summed E-state index contributed by atoms with van der Waals surface area (Å²) in [6.45, 7) is 0. The Labute approximate surface area is 308 Å². The zero-order chi connectivity index (χ0) is 36.5. The van der Waals surface area contributed by atoms with Gasteiger partial charge < -0.3 is 30.2 Å². The van der Waals surface area contributed by atoms with Gasteiger partial charge in [-0.15, -0.1) is 23.1 Å². The van der Waals surface area contributed by atoms with Crippen LogP contribution in [0.25, 0.3) is 28.1 Å². The third kappa shape index (κ3) is 8.78. The van der Waals surface area contributed by atoms with Crippen molar-refractivity contribution in [2.75, 3.05) is 37.7 Å². The number of benzene rings is 5. The molecule has 52 heavy (non-hydrogen) atoms. The van der Waals surface area contributed by atoms with Crippen molar-refractivity contribution < 1.29 is 28.6 Å². The number of methoxy groups -OCH3 is 3. The highest BCUT2D eigenvalue weighted by molar-refractivity contribution is 8.00. The Morgan fingerprint density at radius 2 is 1.50 bits per heavy atom. The number of hydrogen-bond acceptors (Lipinski definition) is 9. The molecule has 0 atom stereocenters. The molecule has 3 amide bonds. The fourth-order valence-corrected chi connectivity index (χ4v) is 6.76. The number of anilines is 2. The maximum atomic E-state index is 13.7. The van der Waals surface area contributed by atoms with Gasteiger partial charge in [-0.25, -0.2) is 4.98 Å². The smallest absolute Gasteiger partial charge is 0.272 e. The number of fused-ring (bicyclic) bond motifs is 1. The van der Waals surface area contributed by atoms with E-state index in [1.807, 2.05) is 29.6 Å². The second-order valence-electron chi connectivity index (χ2n) is 11.3. The molecule has 0 bridgehead atoms. The molecule has 0 unspecified atom stereocenters. The van der Waals surface area contributed by atoms with E-state index in [0.29, 0.717) is 39.2 Å². The highest BCUT2D eigenvalue weighted by atomic mass is 32.2. The van der Waals surface area contributed by atoms with E-state index >= 15 is 0 Å². The molecule has 12 heteroatoms. The van der Waals surface area contributed by atoms with Crippen molar-refractivity contribution >= 4 is 68.5 Å². The molecule has 0 aliphatic carbocycles. The fourth-order valence-electron chi connectivity index (χ4n) is 5.27. The molecule has 0 fully saturated rings. The predicted molar refractivity (Wildman–Crippen MR) is 207 cm³/mol. The number of amides is 3. The SMILES string of the molecule is COc1cc(/C=C(/NC(=O)c2ccccc2)C(=O)Nc2cccc(SCC(=O)Nc3nc(-c4ccc5ccccc5c4)cs3)c2)cc(OC)c1OC. The van der Waals surface area contributed by atoms with Crippen LogP contribution < -0.4 is 30.2 Å². The number of nitrogens with one attached hydrogen (secondary N) is 3. The summed E-state index contributed by atoms with van der Waals surface area (Å²) in [6.07, 6.45) is 1.52. The summed E-state index contributed by atoms with van der Waals surface area (Å²) >= 11 is 2.68. The minimum absolute atomic E-state index is 0.0212. The standard InChI is InChI=1S/C40H34N4O6S2/c1-48-34-19-25(20-35(49-2)37(34)50-3)18-32(42-38(46)27-11-5-4-6-12-27)39(47)41-30-14-9-15-31(22-30)51-24-36(45)44-40-43-33(23-52-40)29-17-16-26-10-7-8-13-28(26)21-29/h4-23H,24H2,1-3H3,(H,41,47)(H,42,46)(H,43,44,45)/b32-18+. The Morgan fingerprint density at radius 3 is 2.23 bits per heavy atom. The van der Waals surface area contributed by atoms with Crippen LogP contribution in [0.1, 0.15) is 15.9 Å². The van der Waals surface area contributed by atoms with Gasteiger partial charge in [0.05, 0.1) is 32.8 Å². The molecule has 0 saturated carbocycles. The lowest BCUT2D eigenvalue weighted by molar-refractivity contribution is -0.114. The maximum Gasteiger partial charge on any atom is 0.272 e. The summed E-state index contributed by atoms with van der Waals surface area (Å²) in [5.41, 5.74) is 3.12. The molecule has 5 aromatic carbocycles. The summed E-state index contributed by atoms with van der Waals surface area (Å²) in [5.74, 6) is 0.0486. The minimum atomic E-state index is -0.566. The molecular formula is C40H34N4O6S2. The van der Waals surface area contributed by atoms with Crippen molar-refractivity contribution in [1.29, 1.82) is 0 Å². The summed E-state index contributed by atoms with van der Waals surface area (Å²) in [7, 11) is 4.48. The van der Waals surface area contributed by atoms with Crippen LogP contribution >= 0.6 is 23.1 Å². The summed E-state index contributed by atoms with van der Waals surface area (Å²) in [4.78, 5) is 45.1. The monoisotopic (exact) mass is 730 g/mol. The Balaban J connectivity index is 1.13. The molecule has 6 rings (SSSR count). The molecule has 0 radical (unpaired) electrons. The summed E-state index contributed by atoms with van der Waals surface area (Å²) in [5, 5.41) is 13.2. The zero-order valence-corrected chi connectivity index (χ0v) is 30.1. The van der Waals surface area contributed by atoms with Gasteiger partial charge in [0.2, 0.25) is 11.7 Å². The molecule has 0 spiro atoms. The van der Waals surface area contributed by atoms with Gasteiger partial charge in [-0.1, -0.05) is 60.7 Å². The van der Waals surface area contributed by atoms with E-state index < -0.39 is 11.8 Å².